The highest BCUT2D eigenvalue weighted by atomic mass is 31.2. The summed E-state index contributed by atoms with van der Waals surface area (Å²) in [4.78, 5) is 18.8. The number of rotatable bonds is 2. The van der Waals surface area contributed by atoms with Crippen LogP contribution in [-0.2, 0) is 9.72 Å². The van der Waals surface area contributed by atoms with Crippen LogP contribution in [0, 0.1) is 0 Å². The fourth-order valence-electron chi connectivity index (χ4n) is 1.74. The van der Waals surface area contributed by atoms with Crippen LogP contribution in [0.2, 0.25) is 0 Å². The second kappa shape index (κ2) is 3.95. The predicted molar refractivity (Wildman–Crippen MR) is 69.0 cm³/mol. The summed E-state index contributed by atoms with van der Waals surface area (Å²) in [6, 6.07) is 13.3. The Hall–Kier alpha value is -1.15. The molecule has 0 aromatic heterocycles. The Morgan fingerprint density at radius 2 is 1.59 bits per heavy atom. The molecule has 2 aromatic carbocycles. The molecule has 2 rings (SSSR count). The van der Waals surface area contributed by atoms with Crippen LogP contribution in [0.15, 0.2) is 42.5 Å². The number of hydrogen-bond donors (Lipinski definition) is 2. The van der Waals surface area contributed by atoms with Gasteiger partial charge in [0, 0.05) is 0 Å². The second-order valence-corrected chi connectivity index (χ2v) is 6.87. The van der Waals surface area contributed by atoms with Gasteiger partial charge >= 0.3 is 7.60 Å². The van der Waals surface area contributed by atoms with E-state index in [0.717, 1.165) is 10.8 Å². The van der Waals surface area contributed by atoms with Crippen molar-refractivity contribution < 1.29 is 14.4 Å². The molecular weight excluding hydrogens is 235 g/mol. The molecule has 0 aliphatic rings. The first-order valence-corrected chi connectivity index (χ1v) is 6.98. The van der Waals surface area contributed by atoms with Gasteiger partial charge in [-0.3, -0.25) is 4.57 Å². The Morgan fingerprint density at radius 3 is 2.18 bits per heavy atom. The minimum atomic E-state index is -4.17. The van der Waals surface area contributed by atoms with Gasteiger partial charge in [-0.1, -0.05) is 36.4 Å². The van der Waals surface area contributed by atoms with E-state index in [1.807, 2.05) is 36.4 Å². The zero-order valence-corrected chi connectivity index (χ0v) is 10.7. The lowest BCUT2D eigenvalue weighted by Gasteiger charge is -2.26. The first-order valence-electron chi connectivity index (χ1n) is 5.37. The minimum absolute atomic E-state index is 0.657. The van der Waals surface area contributed by atoms with E-state index < -0.39 is 12.8 Å². The molecule has 2 N–H and O–H groups in total. The molecule has 0 bridgehead atoms. The van der Waals surface area contributed by atoms with Gasteiger partial charge < -0.3 is 9.79 Å². The van der Waals surface area contributed by atoms with Crippen LogP contribution in [0.5, 0.6) is 0 Å². The van der Waals surface area contributed by atoms with Gasteiger partial charge in [-0.2, -0.15) is 0 Å². The molecule has 0 aliphatic carbocycles. The maximum atomic E-state index is 11.5. The lowest BCUT2D eigenvalue weighted by molar-refractivity contribution is 0.338. The Kier molecular flexibility index (Phi) is 2.86. The van der Waals surface area contributed by atoms with E-state index >= 15 is 0 Å². The molecule has 0 amide bonds. The van der Waals surface area contributed by atoms with Gasteiger partial charge in [0.25, 0.3) is 0 Å². The maximum Gasteiger partial charge on any atom is 0.335 e. The minimum Gasteiger partial charge on any atom is -0.324 e. The van der Waals surface area contributed by atoms with Crippen LogP contribution in [0.4, 0.5) is 0 Å². The van der Waals surface area contributed by atoms with E-state index in [2.05, 4.69) is 0 Å². The van der Waals surface area contributed by atoms with Gasteiger partial charge in [-0.15, -0.1) is 0 Å². The summed E-state index contributed by atoms with van der Waals surface area (Å²) in [6.07, 6.45) is 0. The molecule has 0 radical (unpaired) electrons. The maximum absolute atomic E-state index is 11.5. The van der Waals surface area contributed by atoms with E-state index in [9.17, 15) is 14.4 Å². The predicted octanol–water partition coefficient (Wildman–Crippen LogP) is 3.25. The van der Waals surface area contributed by atoms with E-state index in [0.29, 0.717) is 5.56 Å². The van der Waals surface area contributed by atoms with Gasteiger partial charge in [-0.05, 0) is 36.2 Å². The standard InChI is InChI=1S/C13H15O3P/c1-13(2,17(14,15)16)12-8-7-10-5-3-4-6-11(10)9-12/h3-9H,1-2H3,(H2,14,15,16). The van der Waals surface area contributed by atoms with E-state index in [1.165, 1.54) is 0 Å². The SMILES string of the molecule is CC(C)(c1ccc2ccccc2c1)P(=O)(O)O. The van der Waals surface area contributed by atoms with Gasteiger partial charge in [0.1, 0.15) is 0 Å². The highest BCUT2D eigenvalue weighted by molar-refractivity contribution is 7.53. The van der Waals surface area contributed by atoms with Crippen molar-refractivity contribution in [2.24, 2.45) is 0 Å². The highest BCUT2D eigenvalue weighted by Gasteiger charge is 2.39. The third-order valence-electron chi connectivity index (χ3n) is 3.18. The largest absolute Gasteiger partial charge is 0.335 e. The first kappa shape index (κ1) is 12.3. The summed E-state index contributed by atoms with van der Waals surface area (Å²) < 4.78 is 11.5. The summed E-state index contributed by atoms with van der Waals surface area (Å²) in [5.74, 6) is 0. The summed E-state index contributed by atoms with van der Waals surface area (Å²) in [6.45, 7) is 3.13. The van der Waals surface area contributed by atoms with Crippen LogP contribution in [0.3, 0.4) is 0 Å². The first-order chi connectivity index (χ1) is 7.82. The summed E-state index contributed by atoms with van der Waals surface area (Å²) in [5, 5.41) is 0.904. The van der Waals surface area contributed by atoms with Crippen molar-refractivity contribution in [3.63, 3.8) is 0 Å². The van der Waals surface area contributed by atoms with Crippen molar-refractivity contribution in [1.29, 1.82) is 0 Å². The summed E-state index contributed by atoms with van der Waals surface area (Å²) >= 11 is 0. The lowest BCUT2D eigenvalue weighted by atomic mass is 9.98. The molecule has 3 nitrogen and oxygen atoms in total. The molecule has 0 aliphatic heterocycles. The van der Waals surface area contributed by atoms with Gasteiger partial charge in [0.2, 0.25) is 0 Å². The Balaban J connectivity index is 2.61. The molecule has 0 saturated carbocycles. The number of fused-ring (bicyclic) bond motifs is 1. The molecule has 0 saturated heterocycles. The fourth-order valence-corrected chi connectivity index (χ4v) is 2.21. The molecule has 0 atom stereocenters. The highest BCUT2D eigenvalue weighted by Crippen LogP contribution is 2.56. The van der Waals surface area contributed by atoms with Crippen molar-refractivity contribution in [1.82, 2.24) is 0 Å². The fraction of sp³-hybridized carbons (Fsp3) is 0.231. The summed E-state index contributed by atoms with van der Waals surface area (Å²) in [7, 11) is -4.17. The quantitative estimate of drug-likeness (QED) is 0.804. The molecule has 4 heteroatoms. The van der Waals surface area contributed by atoms with Gasteiger partial charge in [0.15, 0.2) is 0 Å². The zero-order valence-electron chi connectivity index (χ0n) is 9.79. The molecule has 0 unspecified atom stereocenters. The van der Waals surface area contributed by atoms with Crippen molar-refractivity contribution >= 4 is 18.4 Å². The number of benzene rings is 2. The Morgan fingerprint density at radius 1 is 1.00 bits per heavy atom. The molecule has 0 heterocycles. The van der Waals surface area contributed by atoms with Crippen molar-refractivity contribution in [2.45, 2.75) is 19.0 Å². The third-order valence-corrected chi connectivity index (χ3v) is 4.90. The van der Waals surface area contributed by atoms with Crippen LogP contribution < -0.4 is 0 Å². The van der Waals surface area contributed by atoms with E-state index in [-0.39, 0.29) is 0 Å². The van der Waals surface area contributed by atoms with E-state index in [4.69, 9.17) is 0 Å². The Labute approximate surface area is 100 Å². The normalized spacial score (nSPS) is 12.9. The van der Waals surface area contributed by atoms with E-state index in [1.54, 1.807) is 19.9 Å². The zero-order chi connectivity index (χ0) is 12.7. The lowest BCUT2D eigenvalue weighted by Crippen LogP contribution is -2.17. The third kappa shape index (κ3) is 2.14. The van der Waals surface area contributed by atoms with Crippen molar-refractivity contribution in [2.75, 3.05) is 0 Å². The molecule has 0 spiro atoms. The van der Waals surface area contributed by atoms with Crippen LogP contribution in [0.1, 0.15) is 19.4 Å². The average molecular weight is 250 g/mol. The van der Waals surface area contributed by atoms with Crippen molar-refractivity contribution in [3.05, 3.63) is 48.0 Å². The molecule has 2 aromatic rings. The second-order valence-electron chi connectivity index (χ2n) is 4.66. The molecule has 17 heavy (non-hydrogen) atoms. The average Bonchev–Trinajstić information content (AvgIpc) is 2.27. The molecule has 0 fully saturated rings. The monoisotopic (exact) mass is 250 g/mol. The molecular formula is C13H15O3P. The smallest absolute Gasteiger partial charge is 0.324 e. The summed E-state index contributed by atoms with van der Waals surface area (Å²) in [5.41, 5.74) is 0.657. The Bertz CT molecular complexity index is 598. The van der Waals surface area contributed by atoms with Crippen LogP contribution in [-0.4, -0.2) is 9.79 Å². The van der Waals surface area contributed by atoms with Gasteiger partial charge in [-0.25, -0.2) is 0 Å². The van der Waals surface area contributed by atoms with Crippen LogP contribution >= 0.6 is 7.60 Å². The van der Waals surface area contributed by atoms with Crippen LogP contribution in [0.25, 0.3) is 10.8 Å². The van der Waals surface area contributed by atoms with Crippen molar-refractivity contribution in [3.8, 4) is 0 Å². The molecule has 90 valence electrons. The van der Waals surface area contributed by atoms with Gasteiger partial charge in [0.05, 0.1) is 5.16 Å². The topological polar surface area (TPSA) is 57.5 Å². The number of hydrogen-bond acceptors (Lipinski definition) is 1.